The fourth-order valence-corrected chi connectivity index (χ4v) is 3.53. The molecule has 146 valence electrons. The Morgan fingerprint density at radius 2 is 1.38 bits per heavy atom. The minimum atomic E-state index is -1.17. The van der Waals surface area contributed by atoms with Gasteiger partial charge in [-0.1, -0.05) is 6.08 Å². The van der Waals surface area contributed by atoms with Gasteiger partial charge in [0, 0.05) is 19.3 Å². The number of carboxylic acid groups (broad SMARTS) is 3. The van der Waals surface area contributed by atoms with E-state index < -0.39 is 66.7 Å². The number of hydrogen-bond donors (Lipinski definition) is 3. The second kappa shape index (κ2) is 9.91. The minimum absolute atomic E-state index is 0.225. The molecule has 1 aliphatic heterocycles. The van der Waals surface area contributed by atoms with E-state index in [1.807, 2.05) is 0 Å². The Balaban J connectivity index is 3.24. The van der Waals surface area contributed by atoms with E-state index in [0.717, 1.165) is 0 Å². The highest BCUT2D eigenvalue weighted by molar-refractivity contribution is 5.70. The average molecular weight is 372 g/mol. The molecular formula is C17H24O9. The highest BCUT2D eigenvalue weighted by atomic mass is 16.6. The van der Waals surface area contributed by atoms with Gasteiger partial charge in [0.05, 0.1) is 25.0 Å². The van der Waals surface area contributed by atoms with E-state index in [-0.39, 0.29) is 19.4 Å². The lowest BCUT2D eigenvalue weighted by Gasteiger charge is -2.46. The van der Waals surface area contributed by atoms with Gasteiger partial charge in [0.2, 0.25) is 0 Å². The van der Waals surface area contributed by atoms with Crippen molar-refractivity contribution in [1.82, 2.24) is 0 Å². The Bertz CT molecular complexity index is 556. The molecule has 1 heterocycles. The van der Waals surface area contributed by atoms with Crippen LogP contribution in [0.25, 0.3) is 0 Å². The lowest BCUT2D eigenvalue weighted by Crippen LogP contribution is -2.51. The van der Waals surface area contributed by atoms with Crippen molar-refractivity contribution in [1.29, 1.82) is 0 Å². The van der Waals surface area contributed by atoms with E-state index in [9.17, 15) is 34.5 Å². The first-order valence-electron chi connectivity index (χ1n) is 8.20. The van der Waals surface area contributed by atoms with Crippen LogP contribution in [0, 0.1) is 17.8 Å². The molecular weight excluding hydrogens is 348 g/mol. The van der Waals surface area contributed by atoms with Gasteiger partial charge >= 0.3 is 23.9 Å². The van der Waals surface area contributed by atoms with Crippen LogP contribution in [0.3, 0.4) is 0 Å². The molecule has 0 saturated carbocycles. The minimum Gasteiger partial charge on any atom is -0.481 e. The van der Waals surface area contributed by atoms with Gasteiger partial charge in [0.25, 0.3) is 0 Å². The molecule has 0 aromatic carbocycles. The number of carbonyl (C=O) groups is 4. The smallest absolute Gasteiger partial charge is 0.303 e. The van der Waals surface area contributed by atoms with Gasteiger partial charge in [-0.05, 0) is 18.3 Å². The van der Waals surface area contributed by atoms with Crippen molar-refractivity contribution in [2.45, 2.75) is 44.8 Å². The summed E-state index contributed by atoms with van der Waals surface area (Å²) < 4.78 is 10.8. The van der Waals surface area contributed by atoms with Crippen LogP contribution in [0.5, 0.6) is 0 Å². The summed E-state index contributed by atoms with van der Waals surface area (Å²) in [5, 5.41) is 27.7. The first-order chi connectivity index (χ1) is 12.1. The van der Waals surface area contributed by atoms with Crippen LogP contribution in [-0.4, -0.2) is 58.0 Å². The van der Waals surface area contributed by atoms with Gasteiger partial charge < -0.3 is 24.8 Å². The Morgan fingerprint density at radius 1 is 0.923 bits per heavy atom. The summed E-state index contributed by atoms with van der Waals surface area (Å²) >= 11 is 0. The van der Waals surface area contributed by atoms with Gasteiger partial charge in [0.15, 0.2) is 0 Å². The molecule has 1 rings (SSSR count). The third-order valence-corrected chi connectivity index (χ3v) is 4.49. The van der Waals surface area contributed by atoms with E-state index in [1.165, 1.54) is 13.0 Å². The molecule has 0 amide bonds. The Labute approximate surface area is 150 Å². The molecule has 9 nitrogen and oxygen atoms in total. The predicted octanol–water partition coefficient (Wildman–Crippen LogP) is 1.17. The summed E-state index contributed by atoms with van der Waals surface area (Å²) in [7, 11) is 0. The number of aliphatic carboxylic acids is 3. The van der Waals surface area contributed by atoms with Crippen LogP contribution in [0.15, 0.2) is 12.7 Å². The molecule has 0 radical (unpaired) electrons. The van der Waals surface area contributed by atoms with Crippen molar-refractivity contribution in [3.8, 4) is 0 Å². The third-order valence-electron chi connectivity index (χ3n) is 4.49. The quantitative estimate of drug-likeness (QED) is 0.379. The number of carbonyl (C=O) groups excluding carboxylic acids is 1. The van der Waals surface area contributed by atoms with Gasteiger partial charge in [0.1, 0.15) is 6.61 Å². The zero-order valence-electron chi connectivity index (χ0n) is 14.5. The molecule has 0 aromatic rings. The molecule has 26 heavy (non-hydrogen) atoms. The molecule has 5 atom stereocenters. The maximum absolute atomic E-state index is 11.3. The van der Waals surface area contributed by atoms with E-state index >= 15 is 0 Å². The molecule has 0 bridgehead atoms. The van der Waals surface area contributed by atoms with E-state index in [4.69, 9.17) is 9.47 Å². The van der Waals surface area contributed by atoms with Gasteiger partial charge in [-0.25, -0.2) is 0 Å². The third kappa shape index (κ3) is 6.47. The molecule has 1 fully saturated rings. The maximum Gasteiger partial charge on any atom is 0.303 e. The molecule has 0 aliphatic carbocycles. The summed E-state index contributed by atoms with van der Waals surface area (Å²) in [5.74, 6) is -6.28. The van der Waals surface area contributed by atoms with Gasteiger partial charge in [-0.2, -0.15) is 0 Å². The SMILES string of the molecule is C=CCC1O[C@@H](COC(C)=O)[C@H](CC(=O)O)[C@H](CC(=O)O)[C@H]1CC(=O)O. The second-order valence-electron chi connectivity index (χ2n) is 6.33. The summed E-state index contributed by atoms with van der Waals surface area (Å²) in [5.41, 5.74) is 0. The topological polar surface area (TPSA) is 147 Å². The summed E-state index contributed by atoms with van der Waals surface area (Å²) in [6.45, 7) is 4.57. The highest BCUT2D eigenvalue weighted by Crippen LogP contribution is 2.42. The van der Waals surface area contributed by atoms with Gasteiger partial charge in [-0.3, -0.25) is 19.2 Å². The van der Waals surface area contributed by atoms with Crippen molar-refractivity contribution in [3.05, 3.63) is 12.7 Å². The summed E-state index contributed by atoms with van der Waals surface area (Å²) in [6, 6.07) is 0. The van der Waals surface area contributed by atoms with Crippen molar-refractivity contribution in [2.24, 2.45) is 17.8 Å². The van der Waals surface area contributed by atoms with Crippen LogP contribution < -0.4 is 0 Å². The Kier molecular flexibility index (Phi) is 8.24. The number of carboxylic acids is 3. The number of hydrogen-bond acceptors (Lipinski definition) is 6. The van der Waals surface area contributed by atoms with Crippen molar-refractivity contribution < 1.29 is 44.0 Å². The monoisotopic (exact) mass is 372 g/mol. The van der Waals surface area contributed by atoms with Crippen molar-refractivity contribution >= 4 is 23.9 Å². The fraction of sp³-hybridized carbons (Fsp3) is 0.647. The molecule has 9 heteroatoms. The number of rotatable bonds is 10. The Morgan fingerprint density at radius 3 is 1.81 bits per heavy atom. The number of ether oxygens (including phenoxy) is 2. The summed E-state index contributed by atoms with van der Waals surface area (Å²) in [6.07, 6.45) is -0.868. The predicted molar refractivity (Wildman–Crippen MR) is 87.3 cm³/mol. The lowest BCUT2D eigenvalue weighted by molar-refractivity contribution is -0.186. The van der Waals surface area contributed by atoms with Crippen LogP contribution in [0.2, 0.25) is 0 Å². The first-order valence-corrected chi connectivity index (χ1v) is 8.20. The Hall–Kier alpha value is -2.42. The molecule has 1 aliphatic rings. The maximum atomic E-state index is 11.3. The van der Waals surface area contributed by atoms with Crippen molar-refractivity contribution in [2.75, 3.05) is 6.61 Å². The lowest BCUT2D eigenvalue weighted by atomic mass is 9.69. The first kappa shape index (κ1) is 21.6. The number of esters is 1. The van der Waals surface area contributed by atoms with E-state index in [0.29, 0.717) is 0 Å². The second-order valence-corrected chi connectivity index (χ2v) is 6.33. The van der Waals surface area contributed by atoms with E-state index in [1.54, 1.807) is 0 Å². The van der Waals surface area contributed by atoms with Gasteiger partial charge in [-0.15, -0.1) is 6.58 Å². The highest BCUT2D eigenvalue weighted by Gasteiger charge is 2.47. The zero-order valence-corrected chi connectivity index (χ0v) is 14.5. The van der Waals surface area contributed by atoms with E-state index in [2.05, 4.69) is 6.58 Å². The normalized spacial score (nSPS) is 28.1. The van der Waals surface area contributed by atoms with Crippen molar-refractivity contribution in [3.63, 3.8) is 0 Å². The van der Waals surface area contributed by atoms with Crippen LogP contribution >= 0.6 is 0 Å². The van der Waals surface area contributed by atoms with Crippen LogP contribution in [0.1, 0.15) is 32.6 Å². The standard InChI is InChI=1S/C17H24O9/c1-3-4-13-11(6-16(21)22)10(5-15(19)20)12(7-17(23)24)14(26-13)8-25-9(2)18/h3,10-14H,1,4-8H2,2H3,(H,19,20)(H,21,22)(H,23,24)/t10-,11-,12-,13?,14+/m1/s1. The molecule has 1 saturated heterocycles. The zero-order chi connectivity index (χ0) is 19.9. The fourth-order valence-electron chi connectivity index (χ4n) is 3.53. The summed E-state index contributed by atoms with van der Waals surface area (Å²) in [4.78, 5) is 45.0. The van der Waals surface area contributed by atoms with Crippen LogP contribution in [-0.2, 0) is 28.7 Å². The molecule has 3 N–H and O–H groups in total. The molecule has 0 aromatic heterocycles. The average Bonchev–Trinajstić information content (AvgIpc) is 2.50. The largest absolute Gasteiger partial charge is 0.481 e. The van der Waals surface area contributed by atoms with Crippen LogP contribution in [0.4, 0.5) is 0 Å². The molecule has 0 spiro atoms. The molecule has 1 unspecified atom stereocenters.